The number of hydrogen-bond acceptors (Lipinski definition) is 8. The van der Waals surface area contributed by atoms with E-state index in [1.807, 2.05) is 12.1 Å². The molecular weight excluding hydrogens is 438 g/mol. The molecule has 1 heterocycles. The van der Waals surface area contributed by atoms with Gasteiger partial charge in [0.15, 0.2) is 4.34 Å². The minimum atomic E-state index is -0.741. The number of carbonyl (C=O) groups is 2. The maximum Gasteiger partial charge on any atom is 0.247 e. The van der Waals surface area contributed by atoms with Gasteiger partial charge in [-0.2, -0.15) is 0 Å². The Balaban J connectivity index is 1.62. The van der Waals surface area contributed by atoms with Crippen LogP contribution in [0.25, 0.3) is 10.2 Å². The number of thiazole rings is 1. The number of thioether (sulfide) groups is 1. The Bertz CT molecular complexity index is 1010. The standard InChI is InChI=1S/C21H23N3O5S2/c1-28-8-9-29-13-30-21-24-17-7-4-15(11-19(17)31-21)23-20(27)18(22-12-25)10-14-2-5-16(26)6-3-14/h2-7,11-12,18,26H,8-10,13H2,1H3,(H,22,25)(H,23,27). The van der Waals surface area contributed by atoms with Gasteiger partial charge in [-0.25, -0.2) is 4.98 Å². The summed E-state index contributed by atoms with van der Waals surface area (Å²) in [4.78, 5) is 28.3. The maximum absolute atomic E-state index is 12.7. The molecule has 0 saturated carbocycles. The van der Waals surface area contributed by atoms with Crippen LogP contribution in [0.2, 0.25) is 0 Å². The number of anilines is 1. The van der Waals surface area contributed by atoms with Crippen molar-refractivity contribution in [1.29, 1.82) is 0 Å². The predicted molar refractivity (Wildman–Crippen MR) is 122 cm³/mol. The average Bonchev–Trinajstić information content (AvgIpc) is 3.17. The molecule has 0 radical (unpaired) electrons. The van der Waals surface area contributed by atoms with Crippen molar-refractivity contribution in [2.24, 2.45) is 0 Å². The van der Waals surface area contributed by atoms with Gasteiger partial charge in [-0.1, -0.05) is 23.9 Å². The molecule has 0 spiro atoms. The zero-order valence-electron chi connectivity index (χ0n) is 16.9. The molecule has 0 aliphatic rings. The molecule has 8 nitrogen and oxygen atoms in total. The maximum atomic E-state index is 12.7. The molecule has 1 aromatic heterocycles. The number of hydrogen-bond donors (Lipinski definition) is 3. The van der Waals surface area contributed by atoms with Crippen LogP contribution in [-0.4, -0.2) is 54.7 Å². The van der Waals surface area contributed by atoms with Crippen LogP contribution in [0.3, 0.4) is 0 Å². The summed E-state index contributed by atoms with van der Waals surface area (Å²) in [6.45, 7) is 1.08. The summed E-state index contributed by atoms with van der Waals surface area (Å²) in [6, 6.07) is 11.3. The van der Waals surface area contributed by atoms with E-state index in [0.29, 0.717) is 37.7 Å². The van der Waals surface area contributed by atoms with Crippen molar-refractivity contribution in [3.05, 3.63) is 48.0 Å². The second-order valence-electron chi connectivity index (χ2n) is 6.52. The smallest absolute Gasteiger partial charge is 0.247 e. The van der Waals surface area contributed by atoms with Gasteiger partial charge in [0.05, 0.1) is 29.4 Å². The number of methoxy groups -OCH3 is 1. The normalized spacial score (nSPS) is 11.9. The van der Waals surface area contributed by atoms with Crippen molar-refractivity contribution in [1.82, 2.24) is 10.3 Å². The Labute approximate surface area is 188 Å². The molecule has 0 saturated heterocycles. The quantitative estimate of drug-likeness (QED) is 0.165. The number of rotatable bonds is 12. The predicted octanol–water partition coefficient (Wildman–Crippen LogP) is 3.01. The largest absolute Gasteiger partial charge is 0.508 e. The third-order valence-electron chi connectivity index (χ3n) is 4.30. The monoisotopic (exact) mass is 461 g/mol. The van der Waals surface area contributed by atoms with Crippen LogP contribution in [-0.2, 0) is 25.5 Å². The summed E-state index contributed by atoms with van der Waals surface area (Å²) in [5.74, 6) is 0.304. The van der Waals surface area contributed by atoms with Gasteiger partial charge in [0, 0.05) is 19.2 Å². The zero-order chi connectivity index (χ0) is 22.1. The van der Waals surface area contributed by atoms with Crippen LogP contribution in [0.4, 0.5) is 5.69 Å². The summed E-state index contributed by atoms with van der Waals surface area (Å²) in [5, 5.41) is 14.8. The SMILES string of the molecule is COCCOCSc1nc2ccc(NC(=O)C(Cc3ccc(O)cc3)NC=O)cc2s1. The van der Waals surface area contributed by atoms with Crippen molar-refractivity contribution < 1.29 is 24.2 Å². The number of nitrogens with zero attached hydrogens (tertiary/aromatic N) is 1. The van der Waals surface area contributed by atoms with Crippen LogP contribution in [0.15, 0.2) is 46.8 Å². The van der Waals surface area contributed by atoms with E-state index in [4.69, 9.17) is 9.47 Å². The lowest BCUT2D eigenvalue weighted by Gasteiger charge is -2.16. The Morgan fingerprint density at radius 2 is 2.06 bits per heavy atom. The van der Waals surface area contributed by atoms with Gasteiger partial charge >= 0.3 is 0 Å². The van der Waals surface area contributed by atoms with Gasteiger partial charge < -0.3 is 25.2 Å². The van der Waals surface area contributed by atoms with Crippen LogP contribution in [0, 0.1) is 0 Å². The molecule has 10 heteroatoms. The lowest BCUT2D eigenvalue weighted by atomic mass is 10.1. The minimum Gasteiger partial charge on any atom is -0.508 e. The van der Waals surface area contributed by atoms with E-state index >= 15 is 0 Å². The molecule has 3 rings (SSSR count). The molecule has 2 aromatic carbocycles. The Morgan fingerprint density at radius 1 is 1.26 bits per heavy atom. The van der Waals surface area contributed by atoms with Gasteiger partial charge in [-0.3, -0.25) is 9.59 Å². The number of phenols is 1. The average molecular weight is 462 g/mol. The van der Waals surface area contributed by atoms with E-state index in [1.165, 1.54) is 23.1 Å². The second kappa shape index (κ2) is 11.7. The van der Waals surface area contributed by atoms with Gasteiger partial charge in [0.25, 0.3) is 0 Å². The number of aromatic nitrogens is 1. The van der Waals surface area contributed by atoms with Gasteiger partial charge in [0.2, 0.25) is 12.3 Å². The number of ether oxygens (including phenoxy) is 2. The number of benzene rings is 2. The molecule has 31 heavy (non-hydrogen) atoms. The zero-order valence-corrected chi connectivity index (χ0v) is 18.5. The van der Waals surface area contributed by atoms with E-state index < -0.39 is 6.04 Å². The van der Waals surface area contributed by atoms with E-state index in [-0.39, 0.29) is 11.7 Å². The van der Waals surface area contributed by atoms with E-state index in [1.54, 1.807) is 37.4 Å². The molecule has 0 aliphatic heterocycles. The molecule has 164 valence electrons. The van der Waals surface area contributed by atoms with Crippen molar-refractivity contribution in [3.8, 4) is 5.75 Å². The number of fused-ring (bicyclic) bond motifs is 1. The summed E-state index contributed by atoms with van der Waals surface area (Å²) < 4.78 is 12.2. The lowest BCUT2D eigenvalue weighted by Crippen LogP contribution is -2.41. The summed E-state index contributed by atoms with van der Waals surface area (Å²) in [7, 11) is 1.63. The number of aromatic hydroxyl groups is 1. The Morgan fingerprint density at radius 3 is 2.81 bits per heavy atom. The first-order valence-corrected chi connectivity index (χ1v) is 11.3. The lowest BCUT2D eigenvalue weighted by molar-refractivity contribution is -0.121. The van der Waals surface area contributed by atoms with Crippen LogP contribution >= 0.6 is 23.1 Å². The molecular formula is C21H23N3O5S2. The fourth-order valence-electron chi connectivity index (χ4n) is 2.74. The molecule has 1 unspecified atom stereocenters. The van der Waals surface area contributed by atoms with E-state index in [2.05, 4.69) is 15.6 Å². The van der Waals surface area contributed by atoms with Gasteiger partial charge in [-0.15, -0.1) is 11.3 Å². The Hall–Kier alpha value is -2.66. The van der Waals surface area contributed by atoms with Crippen molar-refractivity contribution in [2.75, 3.05) is 31.6 Å². The molecule has 1 atom stereocenters. The van der Waals surface area contributed by atoms with Crippen LogP contribution < -0.4 is 10.6 Å². The highest BCUT2D eigenvalue weighted by Crippen LogP contribution is 2.31. The molecule has 0 aliphatic carbocycles. The molecule has 0 bridgehead atoms. The Kier molecular flexibility index (Phi) is 8.65. The van der Waals surface area contributed by atoms with E-state index in [9.17, 15) is 14.7 Å². The fraction of sp³-hybridized carbons (Fsp3) is 0.286. The van der Waals surface area contributed by atoms with Crippen molar-refractivity contribution in [2.45, 2.75) is 16.8 Å². The molecule has 0 fully saturated rings. The minimum absolute atomic E-state index is 0.144. The highest BCUT2D eigenvalue weighted by atomic mass is 32.2. The summed E-state index contributed by atoms with van der Waals surface area (Å²) in [5.41, 5.74) is 2.28. The van der Waals surface area contributed by atoms with Crippen molar-refractivity contribution >= 4 is 51.3 Å². The first-order chi connectivity index (χ1) is 15.1. The highest BCUT2D eigenvalue weighted by molar-refractivity contribution is 8.01. The summed E-state index contributed by atoms with van der Waals surface area (Å²) >= 11 is 3.02. The number of nitrogens with one attached hydrogen (secondary N) is 2. The molecule has 3 N–H and O–H groups in total. The number of phenolic OH excluding ortho intramolecular Hbond substituents is 1. The first kappa shape index (κ1) is 23.0. The highest BCUT2D eigenvalue weighted by Gasteiger charge is 2.19. The third-order valence-corrected chi connectivity index (χ3v) is 6.33. The molecule has 3 aromatic rings. The van der Waals surface area contributed by atoms with Crippen LogP contribution in [0.1, 0.15) is 5.56 Å². The topological polar surface area (TPSA) is 110 Å². The third kappa shape index (κ3) is 6.93. The number of carbonyl (C=O) groups excluding carboxylic acids is 2. The van der Waals surface area contributed by atoms with E-state index in [0.717, 1.165) is 20.1 Å². The number of amides is 2. The van der Waals surface area contributed by atoms with Gasteiger partial charge in [-0.05, 0) is 35.9 Å². The fourth-order valence-corrected chi connectivity index (χ4v) is 4.59. The van der Waals surface area contributed by atoms with Crippen LogP contribution in [0.5, 0.6) is 5.75 Å². The van der Waals surface area contributed by atoms with Crippen molar-refractivity contribution in [3.63, 3.8) is 0 Å². The first-order valence-electron chi connectivity index (χ1n) is 9.47. The second-order valence-corrected chi connectivity index (χ2v) is 8.72. The summed E-state index contributed by atoms with van der Waals surface area (Å²) in [6.07, 6.45) is 0.812. The van der Waals surface area contributed by atoms with Gasteiger partial charge in [0.1, 0.15) is 11.8 Å². The molecule has 2 amide bonds.